The number of Topliss-reactive ketones (excluding diaryl/α,β-unsaturated/α-hetero) is 1. The van der Waals surface area contributed by atoms with Gasteiger partial charge in [0.05, 0.1) is 48.4 Å². The third-order valence-electron chi connectivity index (χ3n) is 11.8. The Morgan fingerprint density at radius 1 is 1.09 bits per heavy atom. The van der Waals surface area contributed by atoms with Crippen molar-refractivity contribution >= 4 is 44.4 Å². The van der Waals surface area contributed by atoms with E-state index in [0.29, 0.717) is 49.8 Å². The molecule has 1 saturated heterocycles. The molecule has 0 radical (unpaired) electrons. The van der Waals surface area contributed by atoms with E-state index in [1.54, 1.807) is 13.1 Å². The van der Waals surface area contributed by atoms with Gasteiger partial charge in [-0.15, -0.1) is 0 Å². The maximum Gasteiger partial charge on any atom is 0.425 e. The van der Waals surface area contributed by atoms with Crippen molar-refractivity contribution in [2.75, 3.05) is 13.2 Å². The van der Waals surface area contributed by atoms with E-state index in [1.807, 2.05) is 50.3 Å². The summed E-state index contributed by atoms with van der Waals surface area (Å²) in [4.78, 5) is 62.1. The predicted octanol–water partition coefficient (Wildman–Crippen LogP) is 6.46. The van der Waals surface area contributed by atoms with E-state index in [2.05, 4.69) is 9.71 Å². The number of rotatable bonds is 11. The van der Waals surface area contributed by atoms with Crippen LogP contribution in [0.2, 0.25) is 0 Å². The number of benzene rings is 1. The second-order valence-corrected chi connectivity index (χ2v) is 18.4. The Kier molecular flexibility index (Phi) is 12.6. The van der Waals surface area contributed by atoms with E-state index in [0.717, 1.165) is 18.7 Å². The molecule has 2 aliphatic carbocycles. The maximum absolute atomic E-state index is 14.8. The van der Waals surface area contributed by atoms with Crippen LogP contribution in [0.15, 0.2) is 42.6 Å². The standard InChI is InChI=1S/C41H52F3N3O9S/c1-5-16-54-35-22-45-37(31-13-9-8-12-30(31)35)56-28-18-33-34(48)21-40(39(51)46-57(52,53)29-14-15-29)20-27(40)11-7-6-10-24(2)17-25(3)32(38(50)47(33)23-28)19-36(49)55-26(4)41(42,43)44/h7-9,11-13,22,24-29,32-33H,5-6,10,14-21,23H2,1-4H3,(H,46,51)/b11-7-/t24-,25+,26+,27+,28+,32-,33-,40+/m0/s1. The molecule has 2 aliphatic heterocycles. The lowest BCUT2D eigenvalue weighted by Gasteiger charge is -2.32. The minimum Gasteiger partial charge on any atom is -0.491 e. The van der Waals surface area contributed by atoms with E-state index < -0.39 is 92.9 Å². The Hall–Kier alpha value is -4.21. The average Bonchev–Trinajstić information content (AvgIpc) is 4.08. The van der Waals surface area contributed by atoms with Gasteiger partial charge in [-0.25, -0.2) is 13.4 Å². The summed E-state index contributed by atoms with van der Waals surface area (Å²) in [7, 11) is -3.93. The first kappa shape index (κ1) is 42.4. The summed E-state index contributed by atoms with van der Waals surface area (Å²) in [5.41, 5.74) is -1.36. The number of alkyl halides is 3. The fraction of sp³-hybridized carbons (Fsp3) is 0.634. The molecule has 3 fully saturated rings. The number of fused-ring (bicyclic) bond motifs is 3. The number of carbonyl (C=O) groups excluding carboxylic acids is 4. The predicted molar refractivity (Wildman–Crippen MR) is 203 cm³/mol. The number of pyridine rings is 1. The Morgan fingerprint density at radius 2 is 1.81 bits per heavy atom. The van der Waals surface area contributed by atoms with Crippen LogP contribution >= 0.6 is 0 Å². The molecule has 16 heteroatoms. The van der Waals surface area contributed by atoms with E-state index >= 15 is 0 Å². The van der Waals surface area contributed by atoms with Gasteiger partial charge in [-0.05, 0) is 75.7 Å². The number of ether oxygens (including phenoxy) is 3. The van der Waals surface area contributed by atoms with Crippen molar-refractivity contribution in [3.63, 3.8) is 0 Å². The number of sulfonamides is 1. The van der Waals surface area contributed by atoms with Crippen LogP contribution < -0.4 is 14.2 Å². The van der Waals surface area contributed by atoms with Gasteiger partial charge in [-0.2, -0.15) is 13.2 Å². The lowest BCUT2D eigenvalue weighted by molar-refractivity contribution is -0.216. The summed E-state index contributed by atoms with van der Waals surface area (Å²) in [5.74, 6) is -4.28. The number of aromatic nitrogens is 1. The highest BCUT2D eigenvalue weighted by Crippen LogP contribution is 2.57. The van der Waals surface area contributed by atoms with Crippen LogP contribution in [0.25, 0.3) is 10.8 Å². The molecule has 6 rings (SSSR count). The van der Waals surface area contributed by atoms with Crippen molar-refractivity contribution in [3.8, 4) is 11.6 Å². The van der Waals surface area contributed by atoms with Crippen molar-refractivity contribution < 1.29 is 55.0 Å². The van der Waals surface area contributed by atoms with E-state index in [1.165, 1.54) is 4.90 Å². The number of ketones is 1. The lowest BCUT2D eigenvalue weighted by Crippen LogP contribution is -2.47. The second kappa shape index (κ2) is 16.9. The van der Waals surface area contributed by atoms with Gasteiger partial charge >= 0.3 is 12.1 Å². The molecular weight excluding hydrogens is 768 g/mol. The molecule has 0 spiro atoms. The monoisotopic (exact) mass is 819 g/mol. The summed E-state index contributed by atoms with van der Waals surface area (Å²) in [6.45, 7) is 6.80. The number of nitrogens with one attached hydrogen (secondary N) is 1. The zero-order chi connectivity index (χ0) is 41.3. The first-order valence-corrected chi connectivity index (χ1v) is 21.5. The molecule has 8 atom stereocenters. The number of hydrogen-bond donors (Lipinski definition) is 1. The fourth-order valence-corrected chi connectivity index (χ4v) is 9.58. The summed E-state index contributed by atoms with van der Waals surface area (Å²) in [6, 6.07) is 6.18. The fourth-order valence-electron chi connectivity index (χ4n) is 8.20. The van der Waals surface area contributed by atoms with Crippen LogP contribution in [0, 0.1) is 29.1 Å². The number of carbonyl (C=O) groups is 4. The van der Waals surface area contributed by atoms with Gasteiger partial charge in [0.25, 0.3) is 0 Å². The maximum atomic E-state index is 14.8. The van der Waals surface area contributed by atoms with Crippen LogP contribution in [0.5, 0.6) is 11.6 Å². The quantitative estimate of drug-likeness (QED) is 0.197. The highest BCUT2D eigenvalue weighted by atomic mass is 32.2. The molecule has 57 heavy (non-hydrogen) atoms. The molecule has 1 aromatic heterocycles. The molecule has 3 heterocycles. The van der Waals surface area contributed by atoms with Crippen molar-refractivity contribution in [3.05, 3.63) is 42.6 Å². The minimum absolute atomic E-state index is 0.0136. The first-order valence-electron chi connectivity index (χ1n) is 19.9. The zero-order valence-corrected chi connectivity index (χ0v) is 33.6. The Balaban J connectivity index is 1.34. The number of halogens is 3. The van der Waals surface area contributed by atoms with Gasteiger partial charge in [0.15, 0.2) is 11.9 Å². The second-order valence-electron chi connectivity index (χ2n) is 16.4. The normalized spacial score (nSPS) is 29.6. The van der Waals surface area contributed by atoms with Crippen molar-refractivity contribution in [1.29, 1.82) is 0 Å². The van der Waals surface area contributed by atoms with Crippen LogP contribution in [0.3, 0.4) is 0 Å². The van der Waals surface area contributed by atoms with Gasteiger partial charge in [0.1, 0.15) is 11.9 Å². The molecule has 2 saturated carbocycles. The summed E-state index contributed by atoms with van der Waals surface area (Å²) in [6.07, 6.45) is -0.0443. The van der Waals surface area contributed by atoms with Gasteiger partial charge < -0.3 is 19.1 Å². The molecule has 1 N–H and O–H groups in total. The molecule has 1 aromatic carbocycles. The highest BCUT2D eigenvalue weighted by Gasteiger charge is 2.61. The van der Waals surface area contributed by atoms with Gasteiger partial charge in [0.2, 0.25) is 27.7 Å². The van der Waals surface area contributed by atoms with Gasteiger partial charge in [-0.1, -0.05) is 51.1 Å². The summed E-state index contributed by atoms with van der Waals surface area (Å²) in [5, 5.41) is 0.718. The molecule has 0 unspecified atom stereocenters. The molecular formula is C41H52F3N3O9S. The molecule has 312 valence electrons. The minimum atomic E-state index is -4.80. The molecule has 2 aromatic rings. The van der Waals surface area contributed by atoms with Crippen LogP contribution in [-0.2, 0) is 33.9 Å². The highest BCUT2D eigenvalue weighted by molar-refractivity contribution is 7.90. The largest absolute Gasteiger partial charge is 0.491 e. The number of amides is 2. The zero-order valence-electron chi connectivity index (χ0n) is 32.8. The number of hydrogen-bond acceptors (Lipinski definition) is 10. The Bertz CT molecular complexity index is 1990. The molecule has 4 aliphatic rings. The summed E-state index contributed by atoms with van der Waals surface area (Å²) >= 11 is 0. The summed E-state index contributed by atoms with van der Waals surface area (Å²) < 4.78 is 85.3. The first-order chi connectivity index (χ1) is 26.9. The van der Waals surface area contributed by atoms with E-state index in [-0.39, 0.29) is 37.6 Å². The van der Waals surface area contributed by atoms with E-state index in [4.69, 9.17) is 14.2 Å². The number of esters is 1. The Morgan fingerprint density at radius 3 is 2.49 bits per heavy atom. The lowest BCUT2D eigenvalue weighted by atomic mass is 9.82. The van der Waals surface area contributed by atoms with Crippen molar-refractivity contribution in [2.24, 2.45) is 29.1 Å². The molecule has 12 nitrogen and oxygen atoms in total. The van der Waals surface area contributed by atoms with Crippen molar-refractivity contribution in [1.82, 2.24) is 14.6 Å². The SMILES string of the molecule is CCCOc1cnc(O[C@@H]2C[C@H]3C(=O)C[C@]4(C(=O)NS(=O)(=O)C5CC5)C[C@H]4/C=C\CC[C@H](C)C[C@@H](C)[C@H](CC(=O)O[C@H](C)C(F)(F)F)C(=O)N3C2)c2ccccc12. The van der Waals surface area contributed by atoms with Crippen LogP contribution in [0.4, 0.5) is 13.2 Å². The van der Waals surface area contributed by atoms with Gasteiger partial charge in [0, 0.05) is 23.6 Å². The Labute approximate surface area is 331 Å². The van der Waals surface area contributed by atoms with E-state index in [9.17, 15) is 40.8 Å². The molecule has 2 amide bonds. The van der Waals surface area contributed by atoms with Gasteiger partial charge in [-0.3, -0.25) is 23.9 Å². The van der Waals surface area contributed by atoms with Crippen molar-refractivity contribution in [2.45, 2.75) is 122 Å². The third-order valence-corrected chi connectivity index (χ3v) is 13.6. The smallest absolute Gasteiger partial charge is 0.425 e. The molecule has 0 bridgehead atoms. The van der Waals surface area contributed by atoms with Crippen LogP contribution in [0.1, 0.15) is 91.9 Å². The average molecular weight is 820 g/mol. The third kappa shape index (κ3) is 9.74. The number of allylic oxidation sites excluding steroid dienone is 2. The van der Waals surface area contributed by atoms with Crippen LogP contribution in [-0.4, -0.2) is 84.7 Å². The number of nitrogens with zero attached hydrogens (tertiary/aromatic N) is 2. The topological polar surface area (TPSA) is 158 Å².